The Morgan fingerprint density at radius 1 is 1.36 bits per heavy atom. The van der Waals surface area contributed by atoms with E-state index >= 15 is 0 Å². The molecule has 0 bridgehead atoms. The molecule has 2 rings (SSSR count). The third-order valence-corrected chi connectivity index (χ3v) is 2.44. The summed E-state index contributed by atoms with van der Waals surface area (Å²) in [7, 11) is 0. The van der Waals surface area contributed by atoms with Gasteiger partial charge in [-0.2, -0.15) is 0 Å². The Bertz CT molecular complexity index is 343. The monoisotopic (exact) mass is 199 g/mol. The largest absolute Gasteiger partial charge is 0.391 e. The minimum atomic E-state index is -0.844. The van der Waals surface area contributed by atoms with Crippen molar-refractivity contribution in [2.45, 2.75) is 12.5 Å². The van der Waals surface area contributed by atoms with Gasteiger partial charge in [0.2, 0.25) is 0 Å². The first kappa shape index (κ1) is 9.40. The molecular weight excluding hydrogens is 188 g/mol. The Morgan fingerprint density at radius 3 is 2.79 bits per heavy atom. The average Bonchev–Trinajstić information content (AvgIpc) is 2.57. The molecule has 1 aliphatic rings. The fraction of sp³-hybridized carbons (Fsp3) is 0.400. The fourth-order valence-electron chi connectivity index (χ4n) is 1.70. The van der Waals surface area contributed by atoms with Gasteiger partial charge in [0, 0.05) is 13.1 Å². The van der Waals surface area contributed by atoms with Crippen LogP contribution in [0.4, 0.5) is 14.5 Å². The van der Waals surface area contributed by atoms with Crippen LogP contribution < -0.4 is 4.90 Å². The Labute approximate surface area is 80.8 Å². The topological polar surface area (TPSA) is 23.5 Å². The second-order valence-electron chi connectivity index (χ2n) is 3.46. The molecule has 2 nitrogen and oxygen atoms in total. The van der Waals surface area contributed by atoms with Crippen LogP contribution in [0.25, 0.3) is 0 Å². The highest BCUT2D eigenvalue weighted by Crippen LogP contribution is 2.24. The van der Waals surface area contributed by atoms with E-state index in [1.807, 2.05) is 0 Å². The highest BCUT2D eigenvalue weighted by Gasteiger charge is 2.23. The van der Waals surface area contributed by atoms with Crippen molar-refractivity contribution in [3.05, 3.63) is 29.8 Å². The highest BCUT2D eigenvalue weighted by molar-refractivity contribution is 5.49. The zero-order chi connectivity index (χ0) is 10.1. The van der Waals surface area contributed by atoms with Crippen LogP contribution in [-0.4, -0.2) is 24.3 Å². The Balaban J connectivity index is 2.28. The fourth-order valence-corrected chi connectivity index (χ4v) is 1.70. The summed E-state index contributed by atoms with van der Waals surface area (Å²) in [5.74, 6) is -1.68. The van der Waals surface area contributed by atoms with Gasteiger partial charge in [0.15, 0.2) is 11.6 Å². The second kappa shape index (κ2) is 3.53. The van der Waals surface area contributed by atoms with Gasteiger partial charge < -0.3 is 10.0 Å². The molecule has 0 radical (unpaired) electrons. The average molecular weight is 199 g/mol. The zero-order valence-corrected chi connectivity index (χ0v) is 7.58. The molecule has 0 aromatic heterocycles. The first-order valence-electron chi connectivity index (χ1n) is 4.55. The molecule has 14 heavy (non-hydrogen) atoms. The minimum absolute atomic E-state index is 0.238. The van der Waals surface area contributed by atoms with Crippen LogP contribution in [0.3, 0.4) is 0 Å². The molecule has 1 N–H and O–H groups in total. The van der Waals surface area contributed by atoms with Gasteiger partial charge in [-0.25, -0.2) is 8.78 Å². The molecule has 1 aromatic rings. The Morgan fingerprint density at radius 2 is 2.14 bits per heavy atom. The number of anilines is 1. The van der Waals surface area contributed by atoms with Crippen LogP contribution in [0.5, 0.6) is 0 Å². The predicted octanol–water partition coefficient (Wildman–Crippen LogP) is 1.54. The third kappa shape index (κ3) is 1.57. The number of hydrogen-bond donors (Lipinski definition) is 1. The van der Waals surface area contributed by atoms with Gasteiger partial charge >= 0.3 is 0 Å². The molecule has 1 aromatic carbocycles. The number of rotatable bonds is 1. The molecule has 1 unspecified atom stereocenters. The summed E-state index contributed by atoms with van der Waals surface area (Å²) in [5.41, 5.74) is 0.238. The molecular formula is C10H11F2NO. The summed E-state index contributed by atoms with van der Waals surface area (Å²) < 4.78 is 26.1. The number of aliphatic hydroxyl groups excluding tert-OH is 1. The minimum Gasteiger partial charge on any atom is -0.391 e. The van der Waals surface area contributed by atoms with Crippen molar-refractivity contribution in [3.63, 3.8) is 0 Å². The molecule has 0 aliphatic carbocycles. The van der Waals surface area contributed by atoms with E-state index < -0.39 is 17.7 Å². The van der Waals surface area contributed by atoms with E-state index in [1.54, 1.807) is 4.90 Å². The van der Waals surface area contributed by atoms with Crippen LogP contribution in [0.2, 0.25) is 0 Å². The van der Waals surface area contributed by atoms with Gasteiger partial charge in [-0.15, -0.1) is 0 Å². The number of aliphatic hydroxyl groups is 1. The van der Waals surface area contributed by atoms with Gasteiger partial charge in [0.1, 0.15) is 0 Å². The van der Waals surface area contributed by atoms with Gasteiger partial charge in [0.25, 0.3) is 0 Å². The number of β-amino-alcohol motifs (C(OH)–C–C–N with tert-alkyl or cyclic N) is 1. The number of halogens is 2. The van der Waals surface area contributed by atoms with Crippen molar-refractivity contribution in [1.82, 2.24) is 0 Å². The van der Waals surface area contributed by atoms with E-state index in [-0.39, 0.29) is 5.69 Å². The van der Waals surface area contributed by atoms with E-state index in [0.29, 0.717) is 19.5 Å². The maximum Gasteiger partial charge on any atom is 0.182 e. The van der Waals surface area contributed by atoms with Gasteiger partial charge in [-0.1, -0.05) is 6.07 Å². The lowest BCUT2D eigenvalue weighted by atomic mass is 10.2. The van der Waals surface area contributed by atoms with Crippen LogP contribution in [-0.2, 0) is 0 Å². The molecule has 1 saturated heterocycles. The van der Waals surface area contributed by atoms with Crippen molar-refractivity contribution < 1.29 is 13.9 Å². The van der Waals surface area contributed by atoms with Crippen molar-refractivity contribution in [2.75, 3.05) is 18.0 Å². The van der Waals surface area contributed by atoms with Gasteiger partial charge in [0.05, 0.1) is 11.8 Å². The highest BCUT2D eigenvalue weighted by atomic mass is 19.2. The SMILES string of the molecule is OC1CCN(c2cccc(F)c2F)C1. The summed E-state index contributed by atoms with van der Waals surface area (Å²) in [6, 6.07) is 4.08. The smallest absolute Gasteiger partial charge is 0.182 e. The molecule has 1 aliphatic heterocycles. The van der Waals surface area contributed by atoms with Crippen molar-refractivity contribution in [3.8, 4) is 0 Å². The summed E-state index contributed by atoms with van der Waals surface area (Å²) in [4.78, 5) is 1.66. The maximum absolute atomic E-state index is 13.3. The van der Waals surface area contributed by atoms with Gasteiger partial charge in [-0.05, 0) is 18.6 Å². The molecule has 0 saturated carbocycles. The Kier molecular flexibility index (Phi) is 2.37. The lowest BCUT2D eigenvalue weighted by Crippen LogP contribution is -2.22. The van der Waals surface area contributed by atoms with Crippen LogP contribution >= 0.6 is 0 Å². The number of benzene rings is 1. The lowest BCUT2D eigenvalue weighted by Gasteiger charge is -2.18. The predicted molar refractivity (Wildman–Crippen MR) is 49.2 cm³/mol. The maximum atomic E-state index is 13.3. The molecule has 1 fully saturated rings. The Hall–Kier alpha value is -1.16. The van der Waals surface area contributed by atoms with E-state index in [9.17, 15) is 13.9 Å². The molecule has 4 heteroatoms. The molecule has 1 heterocycles. The molecule has 0 amide bonds. The third-order valence-electron chi connectivity index (χ3n) is 2.44. The first-order chi connectivity index (χ1) is 6.68. The number of nitrogens with zero attached hydrogens (tertiary/aromatic N) is 1. The summed E-state index contributed by atoms with van der Waals surface area (Å²) >= 11 is 0. The number of hydrogen-bond acceptors (Lipinski definition) is 2. The quantitative estimate of drug-likeness (QED) is 0.741. The van der Waals surface area contributed by atoms with Crippen LogP contribution in [0.15, 0.2) is 18.2 Å². The van der Waals surface area contributed by atoms with Crippen molar-refractivity contribution >= 4 is 5.69 Å². The molecule has 1 atom stereocenters. The summed E-state index contributed by atoms with van der Waals surface area (Å²) in [6.45, 7) is 0.946. The van der Waals surface area contributed by atoms with E-state index in [0.717, 1.165) is 6.07 Å². The van der Waals surface area contributed by atoms with Crippen LogP contribution in [0.1, 0.15) is 6.42 Å². The van der Waals surface area contributed by atoms with E-state index in [4.69, 9.17) is 0 Å². The first-order valence-corrected chi connectivity index (χ1v) is 4.55. The van der Waals surface area contributed by atoms with Gasteiger partial charge in [-0.3, -0.25) is 0 Å². The summed E-state index contributed by atoms with van der Waals surface area (Å²) in [5, 5.41) is 9.26. The zero-order valence-electron chi connectivity index (χ0n) is 7.58. The standard InChI is InChI=1S/C10H11F2NO/c11-8-2-1-3-9(10(8)12)13-5-4-7(14)6-13/h1-3,7,14H,4-6H2. The van der Waals surface area contributed by atoms with Crippen LogP contribution in [0, 0.1) is 11.6 Å². The summed E-state index contributed by atoms with van der Waals surface area (Å²) in [6.07, 6.45) is 0.174. The molecule has 76 valence electrons. The van der Waals surface area contributed by atoms with Crippen molar-refractivity contribution in [1.29, 1.82) is 0 Å². The van der Waals surface area contributed by atoms with E-state index in [1.165, 1.54) is 12.1 Å². The van der Waals surface area contributed by atoms with Crippen molar-refractivity contribution in [2.24, 2.45) is 0 Å². The second-order valence-corrected chi connectivity index (χ2v) is 3.46. The normalized spacial score (nSPS) is 21.6. The van der Waals surface area contributed by atoms with E-state index in [2.05, 4.69) is 0 Å². The molecule has 0 spiro atoms. The lowest BCUT2D eigenvalue weighted by molar-refractivity contribution is 0.198.